The molecule has 1 aliphatic heterocycles. The van der Waals surface area contributed by atoms with E-state index in [1.807, 2.05) is 25.1 Å². The van der Waals surface area contributed by atoms with Crippen molar-refractivity contribution in [2.24, 2.45) is 5.92 Å². The highest BCUT2D eigenvalue weighted by molar-refractivity contribution is 9.10. The molecule has 1 aromatic rings. The molecule has 1 saturated heterocycles. The van der Waals surface area contributed by atoms with Gasteiger partial charge in [0.2, 0.25) is 0 Å². The van der Waals surface area contributed by atoms with E-state index in [4.69, 9.17) is 5.11 Å². The first-order valence-corrected chi connectivity index (χ1v) is 7.26. The summed E-state index contributed by atoms with van der Waals surface area (Å²) >= 11 is 3.41. The summed E-state index contributed by atoms with van der Waals surface area (Å²) in [7, 11) is 0. The predicted octanol–water partition coefficient (Wildman–Crippen LogP) is 3.08. The van der Waals surface area contributed by atoms with Crippen molar-refractivity contribution in [3.63, 3.8) is 0 Å². The Kier molecular flexibility index (Phi) is 4.32. The summed E-state index contributed by atoms with van der Waals surface area (Å²) in [5, 5.41) is 11.9. The summed E-state index contributed by atoms with van der Waals surface area (Å²) in [4.78, 5) is 24.8. The van der Waals surface area contributed by atoms with Crippen LogP contribution in [0.5, 0.6) is 0 Å². The summed E-state index contributed by atoms with van der Waals surface area (Å²) in [5.74, 6) is -1.32. The van der Waals surface area contributed by atoms with E-state index >= 15 is 0 Å². The third kappa shape index (κ3) is 2.95. The first-order valence-electron chi connectivity index (χ1n) is 6.46. The monoisotopic (exact) mass is 340 g/mol. The molecule has 5 nitrogen and oxygen atoms in total. The maximum atomic E-state index is 12.2. The van der Waals surface area contributed by atoms with E-state index in [9.17, 15) is 9.59 Å². The summed E-state index contributed by atoms with van der Waals surface area (Å²) in [6.07, 6.45) is 0.503. The SMILES string of the molecule is Cc1cc(NC(=O)N2CCC(C(=O)O)C2C)ccc1Br. The molecule has 2 amide bonds. The Balaban J connectivity index is 2.05. The van der Waals surface area contributed by atoms with Crippen molar-refractivity contribution in [3.05, 3.63) is 28.2 Å². The number of nitrogens with one attached hydrogen (secondary N) is 1. The highest BCUT2D eigenvalue weighted by Gasteiger charge is 2.38. The number of halogens is 1. The Morgan fingerprint density at radius 3 is 2.70 bits per heavy atom. The van der Waals surface area contributed by atoms with Gasteiger partial charge in [-0.15, -0.1) is 0 Å². The molecule has 2 rings (SSSR count). The maximum absolute atomic E-state index is 12.2. The Hall–Kier alpha value is -1.56. The van der Waals surface area contributed by atoms with E-state index in [0.717, 1.165) is 10.0 Å². The number of aliphatic carboxylic acids is 1. The second kappa shape index (κ2) is 5.83. The normalized spacial score (nSPS) is 21.9. The number of carboxylic acid groups (broad SMARTS) is 1. The fourth-order valence-corrected chi connectivity index (χ4v) is 2.72. The van der Waals surface area contributed by atoms with E-state index in [2.05, 4.69) is 21.2 Å². The first-order chi connectivity index (χ1) is 9.40. The number of amides is 2. The average Bonchev–Trinajstić information content (AvgIpc) is 2.76. The largest absolute Gasteiger partial charge is 0.481 e. The van der Waals surface area contributed by atoms with Crippen molar-refractivity contribution in [1.29, 1.82) is 0 Å². The first kappa shape index (κ1) is 14.8. The third-order valence-corrected chi connectivity index (χ3v) is 4.63. The molecule has 0 radical (unpaired) electrons. The van der Waals surface area contributed by atoms with Gasteiger partial charge in [-0.2, -0.15) is 0 Å². The molecule has 0 saturated carbocycles. The summed E-state index contributed by atoms with van der Waals surface area (Å²) in [5.41, 5.74) is 1.74. The smallest absolute Gasteiger partial charge is 0.322 e. The molecule has 108 valence electrons. The fraction of sp³-hybridized carbons (Fsp3) is 0.429. The second-order valence-electron chi connectivity index (χ2n) is 5.06. The van der Waals surface area contributed by atoms with Gasteiger partial charge in [0.1, 0.15) is 0 Å². The molecule has 0 aliphatic carbocycles. The average molecular weight is 341 g/mol. The number of nitrogens with zero attached hydrogens (tertiary/aromatic N) is 1. The van der Waals surface area contributed by atoms with Crippen molar-refractivity contribution < 1.29 is 14.7 Å². The van der Waals surface area contributed by atoms with Crippen LogP contribution >= 0.6 is 15.9 Å². The van der Waals surface area contributed by atoms with Crippen molar-refractivity contribution >= 4 is 33.6 Å². The Morgan fingerprint density at radius 2 is 2.15 bits per heavy atom. The minimum atomic E-state index is -0.840. The van der Waals surface area contributed by atoms with Crippen LogP contribution in [0.25, 0.3) is 0 Å². The third-order valence-electron chi connectivity index (χ3n) is 3.74. The van der Waals surface area contributed by atoms with Crippen LogP contribution in [0.3, 0.4) is 0 Å². The molecule has 2 N–H and O–H groups in total. The van der Waals surface area contributed by atoms with Crippen LogP contribution in [-0.2, 0) is 4.79 Å². The van der Waals surface area contributed by atoms with Gasteiger partial charge in [-0.3, -0.25) is 4.79 Å². The van der Waals surface area contributed by atoms with Crippen LogP contribution in [0.1, 0.15) is 18.9 Å². The molecular formula is C14H17BrN2O3. The number of carboxylic acids is 1. The lowest BCUT2D eigenvalue weighted by Gasteiger charge is -2.23. The Labute approximate surface area is 126 Å². The van der Waals surface area contributed by atoms with Gasteiger partial charge in [-0.25, -0.2) is 4.79 Å². The molecule has 20 heavy (non-hydrogen) atoms. The summed E-state index contributed by atoms with van der Waals surface area (Å²) < 4.78 is 0.982. The Morgan fingerprint density at radius 1 is 1.45 bits per heavy atom. The molecule has 6 heteroatoms. The van der Waals surface area contributed by atoms with Gasteiger partial charge in [-0.1, -0.05) is 15.9 Å². The number of aryl methyl sites for hydroxylation is 1. The number of carbonyl (C=O) groups is 2. The molecule has 2 atom stereocenters. The van der Waals surface area contributed by atoms with Gasteiger partial charge < -0.3 is 15.3 Å². The number of anilines is 1. The second-order valence-corrected chi connectivity index (χ2v) is 5.92. The standard InChI is InChI=1S/C14H17BrN2O3/c1-8-7-10(3-4-12(8)15)16-14(20)17-6-5-11(9(17)2)13(18)19/h3-4,7,9,11H,5-6H2,1-2H3,(H,16,20)(H,18,19). The van der Waals surface area contributed by atoms with E-state index in [1.54, 1.807) is 11.8 Å². The zero-order valence-corrected chi connectivity index (χ0v) is 13.0. The molecule has 1 heterocycles. The highest BCUT2D eigenvalue weighted by atomic mass is 79.9. The van der Waals surface area contributed by atoms with Crippen LogP contribution in [0.4, 0.5) is 10.5 Å². The summed E-state index contributed by atoms with van der Waals surface area (Å²) in [6, 6.07) is 5.02. The number of rotatable bonds is 2. The van der Waals surface area contributed by atoms with Gasteiger partial charge in [0.25, 0.3) is 0 Å². The van der Waals surface area contributed by atoms with E-state index in [0.29, 0.717) is 18.7 Å². The zero-order valence-electron chi connectivity index (χ0n) is 11.4. The van der Waals surface area contributed by atoms with Crippen LogP contribution in [-0.4, -0.2) is 34.6 Å². The number of benzene rings is 1. The maximum Gasteiger partial charge on any atom is 0.322 e. The van der Waals surface area contributed by atoms with Gasteiger partial charge in [0.05, 0.1) is 5.92 Å². The minimum absolute atomic E-state index is 0.247. The number of likely N-dealkylation sites (tertiary alicyclic amines) is 1. The lowest BCUT2D eigenvalue weighted by atomic mass is 10.0. The van der Waals surface area contributed by atoms with Crippen molar-refractivity contribution in [2.75, 3.05) is 11.9 Å². The minimum Gasteiger partial charge on any atom is -0.481 e. The van der Waals surface area contributed by atoms with Gasteiger partial charge in [-0.05, 0) is 44.0 Å². The molecule has 0 bridgehead atoms. The molecule has 0 spiro atoms. The van der Waals surface area contributed by atoms with Gasteiger partial charge in [0.15, 0.2) is 0 Å². The van der Waals surface area contributed by atoms with E-state index in [1.165, 1.54) is 0 Å². The number of hydrogen-bond donors (Lipinski definition) is 2. The highest BCUT2D eigenvalue weighted by Crippen LogP contribution is 2.26. The fourth-order valence-electron chi connectivity index (χ4n) is 2.47. The topological polar surface area (TPSA) is 69.6 Å². The number of carbonyl (C=O) groups excluding carboxylic acids is 1. The van der Waals surface area contributed by atoms with E-state index in [-0.39, 0.29) is 12.1 Å². The molecule has 1 aromatic carbocycles. The predicted molar refractivity (Wildman–Crippen MR) is 79.8 cm³/mol. The molecular weight excluding hydrogens is 324 g/mol. The lowest BCUT2D eigenvalue weighted by Crippen LogP contribution is -2.40. The van der Waals surface area contributed by atoms with Crippen LogP contribution in [0, 0.1) is 12.8 Å². The quantitative estimate of drug-likeness (QED) is 0.869. The van der Waals surface area contributed by atoms with Crippen LogP contribution in [0.15, 0.2) is 22.7 Å². The van der Waals surface area contributed by atoms with E-state index < -0.39 is 11.9 Å². The number of urea groups is 1. The van der Waals surface area contributed by atoms with Crippen LogP contribution < -0.4 is 5.32 Å². The van der Waals surface area contributed by atoms with Gasteiger partial charge >= 0.3 is 12.0 Å². The lowest BCUT2D eigenvalue weighted by molar-refractivity contribution is -0.142. The van der Waals surface area contributed by atoms with Crippen molar-refractivity contribution in [2.45, 2.75) is 26.3 Å². The van der Waals surface area contributed by atoms with Crippen molar-refractivity contribution in [3.8, 4) is 0 Å². The number of hydrogen-bond acceptors (Lipinski definition) is 2. The molecule has 2 unspecified atom stereocenters. The van der Waals surface area contributed by atoms with Gasteiger partial charge in [0, 0.05) is 22.7 Å². The van der Waals surface area contributed by atoms with Crippen LogP contribution in [0.2, 0.25) is 0 Å². The Bertz CT molecular complexity index is 547. The molecule has 1 aliphatic rings. The zero-order chi connectivity index (χ0) is 14.9. The summed E-state index contributed by atoms with van der Waals surface area (Å²) in [6.45, 7) is 4.19. The molecule has 1 fully saturated rings. The van der Waals surface area contributed by atoms with Crippen molar-refractivity contribution in [1.82, 2.24) is 4.90 Å². The molecule has 0 aromatic heterocycles.